The van der Waals surface area contributed by atoms with E-state index < -0.39 is 12.0 Å². The Balaban J connectivity index is 4.30. The maximum absolute atomic E-state index is 12.9. The number of ether oxygens (including phenoxy) is 1. The van der Waals surface area contributed by atoms with Crippen LogP contribution < -0.4 is 11.1 Å². The molecule has 7 heteroatoms. The van der Waals surface area contributed by atoms with Gasteiger partial charge in [0.05, 0.1) is 0 Å². The van der Waals surface area contributed by atoms with Crippen LogP contribution in [0.4, 0.5) is 0 Å². The fourth-order valence-corrected chi connectivity index (χ4v) is 7.77. The van der Waals surface area contributed by atoms with E-state index in [4.69, 9.17) is 10.5 Å². The van der Waals surface area contributed by atoms with Crippen LogP contribution in [0.2, 0.25) is 0 Å². The normalized spacial score (nSPS) is 13.2. The van der Waals surface area contributed by atoms with Gasteiger partial charge < -0.3 is 20.9 Å². The van der Waals surface area contributed by atoms with E-state index in [-0.39, 0.29) is 18.0 Å². The van der Waals surface area contributed by atoms with Crippen molar-refractivity contribution in [2.45, 2.75) is 264 Å². The molecule has 4 N–H and O–H groups in total. The molecule has 0 bridgehead atoms. The lowest BCUT2D eigenvalue weighted by Gasteiger charge is -2.18. The molecule has 0 spiro atoms. The van der Waals surface area contributed by atoms with E-state index in [2.05, 4.69) is 92.1 Å². The minimum Gasteiger partial charge on any atom is -0.480 e. The first kappa shape index (κ1) is 60.8. The molecule has 1 amide bonds. The number of carbonyl (C=O) groups is 3. The van der Waals surface area contributed by atoms with Gasteiger partial charge in [0.2, 0.25) is 5.91 Å². The van der Waals surface area contributed by atoms with E-state index in [0.717, 1.165) is 109 Å². The third kappa shape index (κ3) is 46.8. The predicted molar refractivity (Wildman–Crippen MR) is 276 cm³/mol. The Morgan fingerprint density at radius 2 is 0.859 bits per heavy atom. The summed E-state index contributed by atoms with van der Waals surface area (Å²) in [5.74, 6) is -1.25. The zero-order valence-corrected chi connectivity index (χ0v) is 41.6. The van der Waals surface area contributed by atoms with Gasteiger partial charge in [0.1, 0.15) is 12.1 Å². The van der Waals surface area contributed by atoms with Crippen LogP contribution in [0.25, 0.3) is 0 Å². The Hall–Kier alpha value is -3.19. The highest BCUT2D eigenvalue weighted by atomic mass is 16.5. The van der Waals surface area contributed by atoms with Crippen molar-refractivity contribution in [1.29, 1.82) is 0 Å². The van der Waals surface area contributed by atoms with Crippen LogP contribution in [0.1, 0.15) is 251 Å². The topological polar surface area (TPSA) is 119 Å². The molecule has 0 saturated carbocycles. The van der Waals surface area contributed by atoms with Gasteiger partial charge in [-0.2, -0.15) is 0 Å². The summed E-state index contributed by atoms with van der Waals surface area (Å²) in [5.41, 5.74) is 5.50. The molecule has 0 saturated heterocycles. The number of hydrogen-bond donors (Lipinski definition) is 3. The monoisotopic (exact) mass is 893 g/mol. The number of carbonyl (C=O) groups excluding carboxylic acids is 2. The number of carboxylic acid groups (broad SMARTS) is 1. The van der Waals surface area contributed by atoms with Crippen LogP contribution in [0.15, 0.2) is 72.9 Å². The molecular weight excluding hydrogens is 793 g/mol. The van der Waals surface area contributed by atoms with Crippen LogP contribution in [0.5, 0.6) is 0 Å². The zero-order chi connectivity index (χ0) is 46.7. The molecule has 64 heavy (non-hydrogen) atoms. The van der Waals surface area contributed by atoms with Crippen molar-refractivity contribution >= 4 is 17.8 Å². The van der Waals surface area contributed by atoms with Crippen molar-refractivity contribution in [2.75, 3.05) is 6.54 Å². The van der Waals surface area contributed by atoms with Gasteiger partial charge in [-0.15, -0.1) is 0 Å². The lowest BCUT2D eigenvalue weighted by molar-refractivity contribution is -0.150. The van der Waals surface area contributed by atoms with Crippen molar-refractivity contribution in [3.05, 3.63) is 72.9 Å². The van der Waals surface area contributed by atoms with Crippen molar-refractivity contribution in [3.63, 3.8) is 0 Å². The quantitative estimate of drug-likeness (QED) is 0.0318. The lowest BCUT2D eigenvalue weighted by Crippen LogP contribution is -2.40. The molecule has 0 aromatic rings. The third-order valence-electron chi connectivity index (χ3n) is 11.8. The van der Waals surface area contributed by atoms with Crippen LogP contribution in [0.3, 0.4) is 0 Å². The smallest absolute Gasteiger partial charge is 0.326 e. The van der Waals surface area contributed by atoms with Gasteiger partial charge in [0, 0.05) is 12.8 Å². The van der Waals surface area contributed by atoms with Gasteiger partial charge in [0.15, 0.2) is 0 Å². The van der Waals surface area contributed by atoms with E-state index >= 15 is 0 Å². The molecule has 0 radical (unpaired) electrons. The summed E-state index contributed by atoms with van der Waals surface area (Å²) in [7, 11) is 0. The van der Waals surface area contributed by atoms with E-state index in [1.807, 2.05) is 0 Å². The molecular formula is C57H100N2O5. The number of aliphatic carboxylic acids is 1. The molecule has 0 aliphatic heterocycles. The number of amides is 1. The van der Waals surface area contributed by atoms with E-state index in [9.17, 15) is 19.5 Å². The molecule has 2 unspecified atom stereocenters. The molecule has 0 aliphatic rings. The van der Waals surface area contributed by atoms with Crippen LogP contribution >= 0.6 is 0 Å². The zero-order valence-electron chi connectivity index (χ0n) is 41.6. The number of nitrogens with two attached hydrogens (primary N) is 1. The summed E-state index contributed by atoms with van der Waals surface area (Å²) in [6.45, 7) is 4.84. The number of esters is 1. The summed E-state index contributed by atoms with van der Waals surface area (Å²) >= 11 is 0. The highest BCUT2D eigenvalue weighted by Gasteiger charge is 2.19. The second kappa shape index (κ2) is 50.8. The first-order chi connectivity index (χ1) is 31.4. The summed E-state index contributed by atoms with van der Waals surface area (Å²) < 4.78 is 6.08. The van der Waals surface area contributed by atoms with E-state index in [1.165, 1.54) is 103 Å². The van der Waals surface area contributed by atoms with Crippen molar-refractivity contribution < 1.29 is 24.2 Å². The molecule has 0 aromatic carbocycles. The Morgan fingerprint density at radius 1 is 0.469 bits per heavy atom. The van der Waals surface area contributed by atoms with Gasteiger partial charge >= 0.3 is 11.9 Å². The standard InChI is InChI=1S/C57H100N2O5/c1-3-5-7-9-11-13-15-17-19-20-21-22-23-24-25-26-28-30-32-34-36-41-45-51-56(61)64-53(47-42-38-35-33-31-29-27-18-16-14-12-10-8-6-4-2)48-43-39-37-40-44-50-55(60)59-54(57(62)63)49-46-52-58/h5,7,11,13,16-19,21-22,29,31,53-54H,3-4,6,8-10,12,14-15,20,23-28,30,32-52,58H2,1-2H3,(H,59,60)(H,62,63)/b7-5-,13-11-,18-16-,19-17-,22-21-,31-29-. The fourth-order valence-electron chi connectivity index (χ4n) is 7.77. The SMILES string of the molecule is CC/C=C\C/C=C\C/C=C\C/C=C\CCCCCCCCCCCCC(=O)OC(CCCCC/C=C\C/C=C\CCCCCCC)CCCCCCCC(=O)NC(CCCN)C(=O)O. The summed E-state index contributed by atoms with van der Waals surface area (Å²) in [6, 6.07) is -0.863. The number of allylic oxidation sites excluding steroid dienone is 12. The number of hydrogen-bond acceptors (Lipinski definition) is 5. The minimum absolute atomic E-state index is 0.0173. The lowest BCUT2D eigenvalue weighted by atomic mass is 10.0. The van der Waals surface area contributed by atoms with Crippen molar-refractivity contribution in [1.82, 2.24) is 5.32 Å². The van der Waals surface area contributed by atoms with Crippen molar-refractivity contribution in [3.8, 4) is 0 Å². The van der Waals surface area contributed by atoms with Gasteiger partial charge in [-0.25, -0.2) is 4.79 Å². The van der Waals surface area contributed by atoms with Gasteiger partial charge in [-0.3, -0.25) is 9.59 Å². The molecule has 0 aromatic heterocycles. The van der Waals surface area contributed by atoms with Crippen LogP contribution in [0, 0.1) is 0 Å². The van der Waals surface area contributed by atoms with Gasteiger partial charge in [-0.1, -0.05) is 189 Å². The van der Waals surface area contributed by atoms with Crippen LogP contribution in [-0.2, 0) is 19.1 Å². The molecule has 0 aliphatic carbocycles. The molecule has 0 fully saturated rings. The molecule has 0 rings (SSSR count). The largest absolute Gasteiger partial charge is 0.480 e. The first-order valence-electron chi connectivity index (χ1n) is 26.8. The summed E-state index contributed by atoms with van der Waals surface area (Å²) in [4.78, 5) is 36.6. The second-order valence-electron chi connectivity index (χ2n) is 17.9. The molecule has 7 nitrogen and oxygen atoms in total. The first-order valence-corrected chi connectivity index (χ1v) is 26.8. The summed E-state index contributed by atoms with van der Waals surface area (Å²) in [5, 5.41) is 12.0. The van der Waals surface area contributed by atoms with Gasteiger partial charge in [0.25, 0.3) is 0 Å². The Kier molecular flexibility index (Phi) is 48.3. The third-order valence-corrected chi connectivity index (χ3v) is 11.8. The molecule has 2 atom stereocenters. The number of nitrogens with one attached hydrogen (secondary N) is 1. The van der Waals surface area contributed by atoms with Crippen molar-refractivity contribution in [2.24, 2.45) is 5.73 Å². The highest BCUT2D eigenvalue weighted by Crippen LogP contribution is 2.19. The van der Waals surface area contributed by atoms with E-state index in [0.29, 0.717) is 32.2 Å². The maximum atomic E-state index is 12.9. The fraction of sp³-hybridized carbons (Fsp3) is 0.737. The average molecular weight is 893 g/mol. The second-order valence-corrected chi connectivity index (χ2v) is 17.9. The van der Waals surface area contributed by atoms with Crippen LogP contribution in [-0.4, -0.2) is 41.6 Å². The number of unbranched alkanes of at least 4 members (excludes halogenated alkanes) is 22. The molecule has 368 valence electrons. The van der Waals surface area contributed by atoms with Gasteiger partial charge in [-0.05, 0) is 129 Å². The Morgan fingerprint density at radius 3 is 1.31 bits per heavy atom. The maximum Gasteiger partial charge on any atom is 0.326 e. The summed E-state index contributed by atoms with van der Waals surface area (Å²) in [6.07, 6.45) is 66.8. The number of rotatable bonds is 48. The predicted octanol–water partition coefficient (Wildman–Crippen LogP) is 16.2. The highest BCUT2D eigenvalue weighted by molar-refractivity contribution is 5.83. The number of carboxylic acids is 1. The Bertz CT molecular complexity index is 1230. The average Bonchev–Trinajstić information content (AvgIpc) is 3.28. The van der Waals surface area contributed by atoms with E-state index in [1.54, 1.807) is 0 Å². The Labute approximate surface area is 394 Å². The molecule has 0 heterocycles. The minimum atomic E-state index is -1.01.